The number of carboxylic acids is 1. The molecule has 0 unspecified atom stereocenters. The molecule has 0 heterocycles. The van der Waals surface area contributed by atoms with Gasteiger partial charge in [-0.25, -0.2) is 0 Å². The molecular formula is C18H33KO4. The Kier molecular flexibility index (Phi) is 21.0. The molecule has 4 nitrogen and oxygen atoms in total. The summed E-state index contributed by atoms with van der Waals surface area (Å²) < 4.78 is 0. The summed E-state index contributed by atoms with van der Waals surface area (Å²) in [5.74, 6) is -3.21. The zero-order chi connectivity index (χ0) is 16.6. The van der Waals surface area contributed by atoms with Crippen molar-refractivity contribution in [1.29, 1.82) is 0 Å². The van der Waals surface area contributed by atoms with Crippen LogP contribution in [0.2, 0.25) is 0 Å². The summed E-state index contributed by atoms with van der Waals surface area (Å²) in [5, 5.41) is 28.5. The van der Waals surface area contributed by atoms with E-state index >= 15 is 0 Å². The van der Waals surface area contributed by atoms with E-state index < -0.39 is 17.5 Å². The summed E-state index contributed by atoms with van der Waals surface area (Å²) in [6.45, 7) is 2.24. The summed E-state index contributed by atoms with van der Waals surface area (Å²) in [7, 11) is 0. The van der Waals surface area contributed by atoms with Gasteiger partial charge in [-0.3, -0.25) is 0 Å². The molecule has 0 aromatic rings. The van der Waals surface area contributed by atoms with Crippen LogP contribution in [0.4, 0.5) is 0 Å². The molecule has 0 rings (SSSR count). The second-order valence-electron chi connectivity index (χ2n) is 6.08. The minimum Gasteiger partial charge on any atom is -0.541 e. The molecule has 0 saturated carbocycles. The van der Waals surface area contributed by atoms with Gasteiger partial charge >= 0.3 is 51.4 Å². The number of allylic oxidation sites excluding steroid dienone is 1. The van der Waals surface area contributed by atoms with Gasteiger partial charge in [0.25, 0.3) is 0 Å². The number of carbonyl (C=O) groups is 1. The van der Waals surface area contributed by atoms with Gasteiger partial charge in [-0.2, -0.15) is 0 Å². The molecular weight excluding hydrogens is 319 g/mol. The topological polar surface area (TPSA) is 80.6 Å². The zero-order valence-corrected chi connectivity index (χ0v) is 18.2. The van der Waals surface area contributed by atoms with Crippen molar-refractivity contribution in [2.75, 3.05) is 0 Å². The average Bonchev–Trinajstić information content (AvgIpc) is 2.50. The summed E-state index contributed by atoms with van der Waals surface area (Å²) >= 11 is 0. The third-order valence-electron chi connectivity index (χ3n) is 3.98. The molecule has 130 valence electrons. The van der Waals surface area contributed by atoms with E-state index in [1.54, 1.807) is 0 Å². The van der Waals surface area contributed by atoms with Gasteiger partial charge in [0.15, 0.2) is 5.76 Å². The zero-order valence-electron chi connectivity index (χ0n) is 15.1. The van der Waals surface area contributed by atoms with Crippen LogP contribution in [0, 0.1) is 0 Å². The van der Waals surface area contributed by atoms with E-state index in [0.29, 0.717) is 6.42 Å². The smallest absolute Gasteiger partial charge is 0.541 e. The molecule has 0 amide bonds. The van der Waals surface area contributed by atoms with Crippen LogP contribution in [0.15, 0.2) is 11.5 Å². The SMILES string of the molecule is CCCCCCCCCCCCCCCC(O)=C(O)C(=O)[O-].[K+]. The van der Waals surface area contributed by atoms with Gasteiger partial charge in [0.05, 0.1) is 0 Å². The molecule has 0 atom stereocenters. The summed E-state index contributed by atoms with van der Waals surface area (Å²) in [6.07, 6.45) is 16.2. The average molecular weight is 353 g/mol. The Morgan fingerprint density at radius 3 is 1.43 bits per heavy atom. The number of carboxylic acid groups (broad SMARTS) is 1. The molecule has 0 fully saturated rings. The molecule has 0 aliphatic carbocycles. The standard InChI is InChI=1S/C18H34O4.K/c1-2-3-4-5-6-7-8-9-10-11-12-13-14-15-16(19)17(20)18(21)22;/h19-20H,2-15H2,1H3,(H,21,22);/q;+1/p-1. The molecule has 0 spiro atoms. The first kappa shape index (κ1) is 25.7. The van der Waals surface area contributed by atoms with E-state index in [9.17, 15) is 15.0 Å². The fraction of sp³-hybridized carbons (Fsp3) is 0.833. The van der Waals surface area contributed by atoms with Crippen molar-refractivity contribution < 1.29 is 71.5 Å². The molecule has 0 radical (unpaired) electrons. The van der Waals surface area contributed by atoms with E-state index in [4.69, 9.17) is 5.11 Å². The van der Waals surface area contributed by atoms with Crippen LogP contribution in [0.3, 0.4) is 0 Å². The van der Waals surface area contributed by atoms with Crippen molar-refractivity contribution >= 4 is 5.97 Å². The van der Waals surface area contributed by atoms with E-state index in [1.165, 1.54) is 64.2 Å². The monoisotopic (exact) mass is 352 g/mol. The van der Waals surface area contributed by atoms with E-state index in [1.807, 2.05) is 0 Å². The third-order valence-corrected chi connectivity index (χ3v) is 3.98. The Hall–Kier alpha value is 0.446. The molecule has 2 N–H and O–H groups in total. The normalized spacial score (nSPS) is 11.7. The molecule has 0 aromatic heterocycles. The maximum atomic E-state index is 10.3. The summed E-state index contributed by atoms with van der Waals surface area (Å²) in [5.41, 5.74) is 0. The number of hydrogen-bond donors (Lipinski definition) is 2. The first-order valence-electron chi connectivity index (χ1n) is 8.92. The predicted molar refractivity (Wildman–Crippen MR) is 87.6 cm³/mol. The van der Waals surface area contributed by atoms with Crippen LogP contribution in [0.1, 0.15) is 96.8 Å². The van der Waals surface area contributed by atoms with Crippen LogP contribution < -0.4 is 56.5 Å². The molecule has 0 saturated heterocycles. The first-order valence-corrected chi connectivity index (χ1v) is 8.92. The maximum absolute atomic E-state index is 10.3. The molecule has 23 heavy (non-hydrogen) atoms. The van der Waals surface area contributed by atoms with Crippen molar-refractivity contribution in [2.24, 2.45) is 0 Å². The van der Waals surface area contributed by atoms with E-state index in [2.05, 4.69) is 6.92 Å². The van der Waals surface area contributed by atoms with Crippen molar-refractivity contribution in [3.05, 3.63) is 11.5 Å². The second kappa shape index (κ2) is 18.8. The molecule has 5 heteroatoms. The van der Waals surface area contributed by atoms with Crippen molar-refractivity contribution in [2.45, 2.75) is 96.8 Å². The van der Waals surface area contributed by atoms with E-state index in [-0.39, 0.29) is 57.8 Å². The Morgan fingerprint density at radius 2 is 1.09 bits per heavy atom. The first-order chi connectivity index (χ1) is 10.6. The third kappa shape index (κ3) is 17.1. The second-order valence-corrected chi connectivity index (χ2v) is 6.08. The predicted octanol–water partition coefficient (Wildman–Crippen LogP) is 1.55. The number of aliphatic hydroxyl groups excluding tert-OH is 2. The Labute approximate surface area is 184 Å². The number of hydrogen-bond acceptors (Lipinski definition) is 4. The quantitative estimate of drug-likeness (QED) is 0.203. The van der Waals surface area contributed by atoms with E-state index in [0.717, 1.165) is 12.8 Å². The summed E-state index contributed by atoms with van der Waals surface area (Å²) in [6, 6.07) is 0. The fourth-order valence-corrected chi connectivity index (χ4v) is 2.55. The van der Waals surface area contributed by atoms with Gasteiger partial charge in [0.2, 0.25) is 0 Å². The minimum absolute atomic E-state index is 0. The van der Waals surface area contributed by atoms with Gasteiger partial charge in [0.1, 0.15) is 11.7 Å². The number of aliphatic hydroxyl groups is 2. The van der Waals surface area contributed by atoms with Crippen molar-refractivity contribution in [3.8, 4) is 0 Å². The summed E-state index contributed by atoms with van der Waals surface area (Å²) in [4.78, 5) is 10.3. The van der Waals surface area contributed by atoms with Crippen LogP contribution in [0.25, 0.3) is 0 Å². The molecule has 0 aliphatic rings. The Bertz CT molecular complexity index is 316. The number of rotatable bonds is 15. The van der Waals surface area contributed by atoms with Gasteiger partial charge in [-0.05, 0) is 6.42 Å². The number of carbonyl (C=O) groups excluding carboxylic acids is 1. The van der Waals surface area contributed by atoms with Gasteiger partial charge in [-0.1, -0.05) is 84.0 Å². The van der Waals surface area contributed by atoms with Crippen LogP contribution in [-0.2, 0) is 4.79 Å². The maximum Gasteiger partial charge on any atom is 1.00 e. The van der Waals surface area contributed by atoms with Crippen LogP contribution >= 0.6 is 0 Å². The van der Waals surface area contributed by atoms with Gasteiger partial charge in [-0.15, -0.1) is 0 Å². The fourth-order valence-electron chi connectivity index (χ4n) is 2.55. The Balaban J connectivity index is 0. The number of unbranched alkanes of at least 4 members (excludes halogenated alkanes) is 12. The van der Waals surface area contributed by atoms with Gasteiger partial charge < -0.3 is 20.1 Å². The number of aliphatic carboxylic acids is 1. The van der Waals surface area contributed by atoms with Crippen LogP contribution in [-0.4, -0.2) is 16.2 Å². The van der Waals surface area contributed by atoms with Gasteiger partial charge in [0, 0.05) is 6.42 Å². The molecule has 0 aliphatic heterocycles. The van der Waals surface area contributed by atoms with Crippen molar-refractivity contribution in [3.63, 3.8) is 0 Å². The van der Waals surface area contributed by atoms with Crippen LogP contribution in [0.5, 0.6) is 0 Å². The minimum atomic E-state index is -1.72. The largest absolute Gasteiger partial charge is 1.00 e. The Morgan fingerprint density at radius 1 is 0.739 bits per heavy atom. The molecule has 0 aromatic carbocycles. The molecule has 0 bridgehead atoms. The van der Waals surface area contributed by atoms with Crippen molar-refractivity contribution in [1.82, 2.24) is 0 Å².